The van der Waals surface area contributed by atoms with Crippen LogP contribution in [0.25, 0.3) is 0 Å². The number of para-hydroxylation sites is 2. The van der Waals surface area contributed by atoms with E-state index in [4.69, 9.17) is 4.74 Å². The van der Waals surface area contributed by atoms with Crippen LogP contribution in [0.2, 0.25) is 0 Å². The van der Waals surface area contributed by atoms with Crippen molar-refractivity contribution in [1.82, 2.24) is 0 Å². The van der Waals surface area contributed by atoms with E-state index in [0.717, 1.165) is 23.4 Å². The van der Waals surface area contributed by atoms with Crippen LogP contribution >= 0.6 is 0 Å². The highest BCUT2D eigenvalue weighted by Crippen LogP contribution is 2.38. The monoisotopic (exact) mass is 343 g/mol. The number of aryl methyl sites for hydroxylation is 1. The van der Waals surface area contributed by atoms with E-state index in [0.29, 0.717) is 12.1 Å². The van der Waals surface area contributed by atoms with Gasteiger partial charge in [-0.15, -0.1) is 0 Å². The second-order valence-electron chi connectivity index (χ2n) is 6.45. The Bertz CT molecular complexity index is 903. The van der Waals surface area contributed by atoms with Gasteiger partial charge in [-0.2, -0.15) is 0 Å². The molecule has 3 heteroatoms. The molecule has 0 aliphatic carbocycles. The van der Waals surface area contributed by atoms with Gasteiger partial charge in [0.1, 0.15) is 11.9 Å². The molecule has 1 aliphatic rings. The van der Waals surface area contributed by atoms with Crippen molar-refractivity contribution in [3.05, 3.63) is 95.6 Å². The Morgan fingerprint density at radius 2 is 1.65 bits per heavy atom. The van der Waals surface area contributed by atoms with Gasteiger partial charge in [0.15, 0.2) is 0 Å². The largest absolute Gasteiger partial charge is 0.482 e. The number of fused-ring (bicyclic) bond motifs is 1. The third kappa shape index (κ3) is 3.08. The predicted octanol–water partition coefficient (Wildman–Crippen LogP) is 5.03. The SMILES string of the molecule is CCc1ccc(C(=O)N2CC(c3ccccc3)Oc3ccccc32)cc1. The van der Waals surface area contributed by atoms with E-state index in [9.17, 15) is 4.79 Å². The Morgan fingerprint density at radius 3 is 2.38 bits per heavy atom. The van der Waals surface area contributed by atoms with E-state index < -0.39 is 0 Å². The van der Waals surface area contributed by atoms with Crippen LogP contribution in [0.1, 0.15) is 34.5 Å². The van der Waals surface area contributed by atoms with Crippen LogP contribution in [0.4, 0.5) is 5.69 Å². The number of carbonyl (C=O) groups is 1. The Hall–Kier alpha value is -3.07. The van der Waals surface area contributed by atoms with Crippen molar-refractivity contribution >= 4 is 11.6 Å². The van der Waals surface area contributed by atoms with Crippen molar-refractivity contribution in [1.29, 1.82) is 0 Å². The second-order valence-corrected chi connectivity index (χ2v) is 6.45. The zero-order chi connectivity index (χ0) is 17.9. The number of nitrogens with zero attached hydrogens (tertiary/aromatic N) is 1. The maximum Gasteiger partial charge on any atom is 0.258 e. The van der Waals surface area contributed by atoms with Crippen molar-refractivity contribution in [2.45, 2.75) is 19.4 Å². The van der Waals surface area contributed by atoms with Crippen LogP contribution < -0.4 is 9.64 Å². The van der Waals surface area contributed by atoms with Crippen molar-refractivity contribution in [2.24, 2.45) is 0 Å². The summed E-state index contributed by atoms with van der Waals surface area (Å²) in [4.78, 5) is 15.0. The van der Waals surface area contributed by atoms with Gasteiger partial charge in [0.05, 0.1) is 12.2 Å². The number of benzene rings is 3. The van der Waals surface area contributed by atoms with Gasteiger partial charge in [0.25, 0.3) is 5.91 Å². The fourth-order valence-electron chi connectivity index (χ4n) is 3.31. The molecule has 130 valence electrons. The Kier molecular flexibility index (Phi) is 4.44. The van der Waals surface area contributed by atoms with Gasteiger partial charge < -0.3 is 9.64 Å². The van der Waals surface area contributed by atoms with Gasteiger partial charge >= 0.3 is 0 Å². The molecule has 0 radical (unpaired) electrons. The number of amides is 1. The molecule has 0 aromatic heterocycles. The average Bonchev–Trinajstić information content (AvgIpc) is 2.73. The highest BCUT2D eigenvalue weighted by Gasteiger charge is 2.31. The lowest BCUT2D eigenvalue weighted by Crippen LogP contribution is -2.39. The third-order valence-electron chi connectivity index (χ3n) is 4.80. The number of rotatable bonds is 3. The maximum atomic E-state index is 13.2. The molecule has 26 heavy (non-hydrogen) atoms. The molecule has 1 amide bonds. The van der Waals surface area contributed by atoms with Crippen LogP contribution in [0.15, 0.2) is 78.9 Å². The first-order valence-corrected chi connectivity index (χ1v) is 8.97. The molecule has 0 saturated carbocycles. The van der Waals surface area contributed by atoms with E-state index in [-0.39, 0.29) is 12.0 Å². The smallest absolute Gasteiger partial charge is 0.258 e. The second kappa shape index (κ2) is 7.04. The molecular weight excluding hydrogens is 322 g/mol. The first-order valence-electron chi connectivity index (χ1n) is 8.97. The van der Waals surface area contributed by atoms with Crippen molar-refractivity contribution < 1.29 is 9.53 Å². The third-order valence-corrected chi connectivity index (χ3v) is 4.80. The minimum atomic E-state index is -0.176. The molecular formula is C23H21NO2. The number of hydrogen-bond acceptors (Lipinski definition) is 2. The van der Waals surface area contributed by atoms with E-state index in [2.05, 4.69) is 6.92 Å². The summed E-state index contributed by atoms with van der Waals surface area (Å²) < 4.78 is 6.18. The Labute approximate surface area is 153 Å². The summed E-state index contributed by atoms with van der Waals surface area (Å²) in [5.41, 5.74) is 3.82. The van der Waals surface area contributed by atoms with Gasteiger partial charge in [0, 0.05) is 5.56 Å². The van der Waals surface area contributed by atoms with Gasteiger partial charge in [-0.05, 0) is 41.8 Å². The van der Waals surface area contributed by atoms with Crippen LogP contribution in [0.3, 0.4) is 0 Å². The fourth-order valence-corrected chi connectivity index (χ4v) is 3.31. The van der Waals surface area contributed by atoms with Gasteiger partial charge in [-0.1, -0.05) is 61.5 Å². The minimum absolute atomic E-state index is 0.00401. The fraction of sp³-hybridized carbons (Fsp3) is 0.174. The number of hydrogen-bond donors (Lipinski definition) is 0. The summed E-state index contributed by atoms with van der Waals surface area (Å²) in [5, 5.41) is 0. The number of ether oxygens (including phenoxy) is 1. The van der Waals surface area contributed by atoms with Crippen molar-refractivity contribution in [2.75, 3.05) is 11.4 Å². The van der Waals surface area contributed by atoms with Crippen LogP contribution in [-0.2, 0) is 6.42 Å². The molecule has 4 rings (SSSR count). The number of anilines is 1. The first kappa shape index (κ1) is 16.4. The van der Waals surface area contributed by atoms with Gasteiger partial charge in [-0.3, -0.25) is 4.79 Å². The Balaban J connectivity index is 1.70. The summed E-state index contributed by atoms with van der Waals surface area (Å²) in [6.07, 6.45) is 0.787. The molecule has 1 atom stereocenters. The standard InChI is InChI=1S/C23H21NO2/c1-2-17-12-14-19(15-13-17)23(25)24-16-22(18-8-4-3-5-9-18)26-21-11-7-6-10-20(21)24/h3-15,22H,2,16H2,1H3. The quantitative estimate of drug-likeness (QED) is 0.667. The topological polar surface area (TPSA) is 29.5 Å². The summed E-state index contributed by atoms with van der Waals surface area (Å²) in [6.45, 7) is 2.61. The molecule has 1 aliphatic heterocycles. The molecule has 3 nitrogen and oxygen atoms in total. The minimum Gasteiger partial charge on any atom is -0.482 e. The molecule has 0 fully saturated rings. The lowest BCUT2D eigenvalue weighted by Gasteiger charge is -2.35. The molecule has 0 bridgehead atoms. The highest BCUT2D eigenvalue weighted by atomic mass is 16.5. The normalized spacial score (nSPS) is 15.9. The average molecular weight is 343 g/mol. The molecule has 3 aromatic rings. The maximum absolute atomic E-state index is 13.2. The number of carbonyl (C=O) groups excluding carboxylic acids is 1. The zero-order valence-corrected chi connectivity index (χ0v) is 14.8. The summed E-state index contributed by atoms with van der Waals surface area (Å²) in [7, 11) is 0. The van der Waals surface area contributed by atoms with E-state index >= 15 is 0 Å². The molecule has 1 unspecified atom stereocenters. The zero-order valence-electron chi connectivity index (χ0n) is 14.8. The first-order chi connectivity index (χ1) is 12.8. The summed E-state index contributed by atoms with van der Waals surface area (Å²) in [6, 6.07) is 25.7. The van der Waals surface area contributed by atoms with E-state index in [1.54, 1.807) is 0 Å². The van der Waals surface area contributed by atoms with Crippen molar-refractivity contribution in [3.8, 4) is 5.75 Å². The molecule has 0 N–H and O–H groups in total. The van der Waals surface area contributed by atoms with E-state index in [1.165, 1.54) is 5.56 Å². The predicted molar refractivity (Wildman–Crippen MR) is 104 cm³/mol. The summed E-state index contributed by atoms with van der Waals surface area (Å²) >= 11 is 0. The summed E-state index contributed by atoms with van der Waals surface area (Å²) in [5.74, 6) is 0.746. The Morgan fingerprint density at radius 1 is 0.962 bits per heavy atom. The molecule has 1 heterocycles. The van der Waals surface area contributed by atoms with E-state index in [1.807, 2.05) is 83.8 Å². The highest BCUT2D eigenvalue weighted by molar-refractivity contribution is 6.07. The van der Waals surface area contributed by atoms with Gasteiger partial charge in [0.2, 0.25) is 0 Å². The molecule has 0 spiro atoms. The molecule has 0 saturated heterocycles. The van der Waals surface area contributed by atoms with Crippen LogP contribution in [0.5, 0.6) is 5.75 Å². The van der Waals surface area contributed by atoms with Gasteiger partial charge in [-0.25, -0.2) is 0 Å². The van der Waals surface area contributed by atoms with Crippen LogP contribution in [0, 0.1) is 0 Å². The lowest BCUT2D eigenvalue weighted by molar-refractivity contribution is 0.0956. The molecule has 3 aromatic carbocycles. The lowest BCUT2D eigenvalue weighted by atomic mass is 10.0. The van der Waals surface area contributed by atoms with Crippen LogP contribution in [-0.4, -0.2) is 12.5 Å². The van der Waals surface area contributed by atoms with Crippen molar-refractivity contribution in [3.63, 3.8) is 0 Å².